The lowest BCUT2D eigenvalue weighted by molar-refractivity contribution is 0.684. The monoisotopic (exact) mass is 270 g/mol. The van der Waals surface area contributed by atoms with Crippen molar-refractivity contribution < 1.29 is 4.21 Å². The fourth-order valence-electron chi connectivity index (χ4n) is 1.49. The molecule has 0 spiro atoms. The van der Waals surface area contributed by atoms with Gasteiger partial charge >= 0.3 is 0 Å². The maximum Gasteiger partial charge on any atom is 0.133 e. The van der Waals surface area contributed by atoms with E-state index < -0.39 is 10.8 Å². The fraction of sp³-hybridized carbons (Fsp3) is 0.667. The van der Waals surface area contributed by atoms with Crippen molar-refractivity contribution in [1.29, 1.82) is 0 Å². The molecule has 1 rings (SSSR count). The Morgan fingerprint density at radius 1 is 1.28 bits per heavy atom. The minimum atomic E-state index is -0.738. The van der Waals surface area contributed by atoms with Gasteiger partial charge in [-0.3, -0.25) is 4.21 Å². The van der Waals surface area contributed by atoms with Crippen LogP contribution >= 0.6 is 0 Å². The summed E-state index contributed by atoms with van der Waals surface area (Å²) < 4.78 is 11.3. The molecule has 5 nitrogen and oxygen atoms in total. The molecule has 0 aliphatic carbocycles. The molecule has 2 N–H and O–H groups in total. The lowest BCUT2D eigenvalue weighted by Crippen LogP contribution is -2.14. The van der Waals surface area contributed by atoms with Crippen LogP contribution in [0.1, 0.15) is 26.1 Å². The summed E-state index contributed by atoms with van der Waals surface area (Å²) in [6.45, 7) is 4.71. The topological polar surface area (TPSA) is 66.9 Å². The van der Waals surface area contributed by atoms with Crippen LogP contribution in [0.25, 0.3) is 0 Å². The Morgan fingerprint density at radius 3 is 2.61 bits per heavy atom. The molecule has 18 heavy (non-hydrogen) atoms. The van der Waals surface area contributed by atoms with Crippen LogP contribution < -0.4 is 10.6 Å². The minimum absolute atomic E-state index is 0.651. The second-order valence-electron chi connectivity index (χ2n) is 3.91. The van der Waals surface area contributed by atoms with Crippen LogP contribution in [0, 0.1) is 0 Å². The van der Waals surface area contributed by atoms with Crippen LogP contribution in [0.3, 0.4) is 0 Å². The maximum atomic E-state index is 11.3. The molecule has 0 radical (unpaired) electrons. The zero-order chi connectivity index (χ0) is 13.4. The summed E-state index contributed by atoms with van der Waals surface area (Å²) in [4.78, 5) is 8.81. The molecule has 0 saturated heterocycles. The number of nitrogens with one attached hydrogen (secondary N) is 2. The first-order chi connectivity index (χ1) is 8.69. The molecular formula is C12H22N4OS. The first-order valence-corrected chi connectivity index (χ1v) is 7.83. The Morgan fingerprint density at radius 2 is 2.00 bits per heavy atom. The molecule has 6 heteroatoms. The van der Waals surface area contributed by atoms with E-state index in [1.807, 2.05) is 20.0 Å². The van der Waals surface area contributed by atoms with Gasteiger partial charge in [0.2, 0.25) is 0 Å². The summed E-state index contributed by atoms with van der Waals surface area (Å²) in [5.74, 6) is 3.80. The summed E-state index contributed by atoms with van der Waals surface area (Å²) in [6, 6.07) is 1.87. The quantitative estimate of drug-likeness (QED) is 0.752. The number of anilines is 2. The first kappa shape index (κ1) is 14.9. The van der Waals surface area contributed by atoms with Crippen molar-refractivity contribution in [2.45, 2.75) is 26.7 Å². The standard InChI is InChI=1S/C12H22N4OS/c1-4-6-10-15-11(13-3)9-12(16-10)14-7-8-18(17)5-2/h9H,4-8H2,1-3H3,(H2,13,14,15,16). The van der Waals surface area contributed by atoms with Crippen LogP contribution in [-0.2, 0) is 17.2 Å². The molecule has 102 valence electrons. The summed E-state index contributed by atoms with van der Waals surface area (Å²) in [5, 5.41) is 6.22. The van der Waals surface area contributed by atoms with Gasteiger partial charge in [0.25, 0.3) is 0 Å². The lowest BCUT2D eigenvalue weighted by Gasteiger charge is -2.09. The highest BCUT2D eigenvalue weighted by atomic mass is 32.2. The molecule has 1 atom stereocenters. The van der Waals surface area contributed by atoms with Crippen molar-refractivity contribution in [3.8, 4) is 0 Å². The van der Waals surface area contributed by atoms with Crippen LogP contribution in [-0.4, -0.2) is 39.3 Å². The second-order valence-corrected chi connectivity index (χ2v) is 5.78. The van der Waals surface area contributed by atoms with Crippen LogP contribution in [0.4, 0.5) is 11.6 Å². The average Bonchev–Trinajstić information content (AvgIpc) is 2.38. The summed E-state index contributed by atoms with van der Waals surface area (Å²) in [5.41, 5.74) is 0. The van der Waals surface area contributed by atoms with Crippen molar-refractivity contribution in [1.82, 2.24) is 9.97 Å². The summed E-state index contributed by atoms with van der Waals surface area (Å²) in [6.07, 6.45) is 1.89. The highest BCUT2D eigenvalue weighted by Gasteiger charge is 2.03. The molecule has 0 aliphatic heterocycles. The number of hydrogen-bond acceptors (Lipinski definition) is 5. The van der Waals surface area contributed by atoms with Crippen LogP contribution in [0.2, 0.25) is 0 Å². The van der Waals surface area contributed by atoms with Gasteiger partial charge in [-0.2, -0.15) is 0 Å². The molecule has 1 heterocycles. The van der Waals surface area contributed by atoms with Gasteiger partial charge in [0.1, 0.15) is 17.5 Å². The van der Waals surface area contributed by atoms with E-state index in [0.717, 1.165) is 30.3 Å². The average molecular weight is 270 g/mol. The summed E-state index contributed by atoms with van der Waals surface area (Å²) in [7, 11) is 1.10. The number of aryl methyl sites for hydroxylation is 1. The molecule has 1 aromatic rings. The highest BCUT2D eigenvalue weighted by molar-refractivity contribution is 7.84. The Hall–Kier alpha value is -1.17. The predicted octanol–water partition coefficient (Wildman–Crippen LogP) is 1.65. The molecule has 0 aliphatic rings. The Kier molecular flexibility index (Phi) is 6.64. The molecule has 0 amide bonds. The molecule has 0 bridgehead atoms. The van der Waals surface area contributed by atoms with E-state index in [-0.39, 0.29) is 0 Å². The van der Waals surface area contributed by atoms with Crippen molar-refractivity contribution >= 4 is 22.4 Å². The zero-order valence-corrected chi connectivity index (χ0v) is 12.1. The Labute approximate surface area is 111 Å². The maximum absolute atomic E-state index is 11.3. The first-order valence-electron chi connectivity index (χ1n) is 6.34. The smallest absolute Gasteiger partial charge is 0.133 e. The lowest BCUT2D eigenvalue weighted by atomic mass is 10.3. The SMILES string of the molecule is CCCc1nc(NC)cc(NCCS(=O)CC)n1. The number of nitrogens with zero attached hydrogens (tertiary/aromatic N) is 2. The van der Waals surface area contributed by atoms with E-state index >= 15 is 0 Å². The van der Waals surface area contributed by atoms with Crippen molar-refractivity contribution in [3.63, 3.8) is 0 Å². The van der Waals surface area contributed by atoms with Gasteiger partial charge in [-0.05, 0) is 6.42 Å². The van der Waals surface area contributed by atoms with Gasteiger partial charge in [0.15, 0.2) is 0 Å². The number of aromatic nitrogens is 2. The van der Waals surface area contributed by atoms with E-state index in [2.05, 4.69) is 27.5 Å². The normalized spacial score (nSPS) is 12.2. The number of rotatable bonds is 8. The van der Waals surface area contributed by atoms with Crippen molar-refractivity contribution in [3.05, 3.63) is 11.9 Å². The predicted molar refractivity (Wildman–Crippen MR) is 77.6 cm³/mol. The van der Waals surface area contributed by atoms with Gasteiger partial charge in [-0.15, -0.1) is 0 Å². The molecule has 0 aromatic carbocycles. The van der Waals surface area contributed by atoms with E-state index in [1.54, 1.807) is 0 Å². The molecule has 1 unspecified atom stereocenters. The zero-order valence-electron chi connectivity index (χ0n) is 11.3. The van der Waals surface area contributed by atoms with Crippen molar-refractivity contribution in [2.24, 2.45) is 0 Å². The number of hydrogen-bond donors (Lipinski definition) is 2. The Bertz CT molecular complexity index is 398. The molecule has 1 aromatic heterocycles. The molecule has 0 fully saturated rings. The molecule has 0 saturated carbocycles. The molecular weight excluding hydrogens is 248 g/mol. The van der Waals surface area contributed by atoms with E-state index in [1.165, 1.54) is 0 Å². The van der Waals surface area contributed by atoms with Gasteiger partial charge < -0.3 is 10.6 Å². The van der Waals surface area contributed by atoms with Crippen LogP contribution in [0.15, 0.2) is 6.07 Å². The van der Waals surface area contributed by atoms with Crippen LogP contribution in [0.5, 0.6) is 0 Å². The van der Waals surface area contributed by atoms with Gasteiger partial charge in [0, 0.05) is 48.4 Å². The van der Waals surface area contributed by atoms with E-state index in [9.17, 15) is 4.21 Å². The van der Waals surface area contributed by atoms with Crippen molar-refractivity contribution in [2.75, 3.05) is 35.7 Å². The third-order valence-corrected chi connectivity index (χ3v) is 3.76. The third kappa shape index (κ3) is 5.00. The Balaban J connectivity index is 2.63. The third-order valence-electron chi connectivity index (χ3n) is 2.46. The van der Waals surface area contributed by atoms with Gasteiger partial charge in [-0.25, -0.2) is 9.97 Å². The minimum Gasteiger partial charge on any atom is -0.373 e. The largest absolute Gasteiger partial charge is 0.373 e. The van der Waals surface area contributed by atoms with Gasteiger partial charge in [-0.1, -0.05) is 13.8 Å². The van der Waals surface area contributed by atoms with Gasteiger partial charge in [0.05, 0.1) is 0 Å². The van der Waals surface area contributed by atoms with E-state index in [4.69, 9.17) is 0 Å². The summed E-state index contributed by atoms with van der Waals surface area (Å²) >= 11 is 0. The fourth-order valence-corrected chi connectivity index (χ4v) is 2.11. The highest BCUT2D eigenvalue weighted by Crippen LogP contribution is 2.11. The van der Waals surface area contributed by atoms with E-state index in [0.29, 0.717) is 18.1 Å². The second kappa shape index (κ2) is 8.02.